The van der Waals surface area contributed by atoms with Gasteiger partial charge in [-0.2, -0.15) is 9.57 Å². The summed E-state index contributed by atoms with van der Waals surface area (Å²) >= 11 is 0. The highest BCUT2D eigenvalue weighted by Gasteiger charge is 2.35. The SMILES string of the molecule is CC1CCN(C(=O)C2CCN(S(=O)(=O)c3ccccc3C#N)CC2)CC1. The molecule has 2 fully saturated rings. The molecule has 0 saturated carbocycles. The molecule has 26 heavy (non-hydrogen) atoms. The summed E-state index contributed by atoms with van der Waals surface area (Å²) in [6.45, 7) is 4.48. The first-order valence-electron chi connectivity index (χ1n) is 9.21. The molecule has 7 heteroatoms. The summed E-state index contributed by atoms with van der Waals surface area (Å²) in [5, 5.41) is 9.17. The molecule has 0 unspecified atom stereocenters. The van der Waals surface area contributed by atoms with E-state index >= 15 is 0 Å². The number of nitriles is 1. The van der Waals surface area contributed by atoms with Gasteiger partial charge in [0.1, 0.15) is 6.07 Å². The van der Waals surface area contributed by atoms with E-state index in [-0.39, 0.29) is 22.3 Å². The van der Waals surface area contributed by atoms with E-state index < -0.39 is 10.0 Å². The fourth-order valence-corrected chi connectivity index (χ4v) is 5.37. The van der Waals surface area contributed by atoms with Crippen molar-refractivity contribution in [2.45, 2.75) is 37.5 Å². The molecule has 2 heterocycles. The van der Waals surface area contributed by atoms with Crippen molar-refractivity contribution >= 4 is 15.9 Å². The maximum atomic E-state index is 12.9. The highest BCUT2D eigenvalue weighted by atomic mass is 32.2. The number of nitrogens with zero attached hydrogens (tertiary/aromatic N) is 3. The van der Waals surface area contributed by atoms with Crippen molar-refractivity contribution in [3.05, 3.63) is 29.8 Å². The molecule has 0 radical (unpaired) electrons. The van der Waals surface area contributed by atoms with Crippen LogP contribution in [0.3, 0.4) is 0 Å². The molecule has 0 aliphatic carbocycles. The van der Waals surface area contributed by atoms with Gasteiger partial charge in [-0.1, -0.05) is 19.1 Å². The molecular weight excluding hydrogens is 350 g/mol. The Kier molecular flexibility index (Phi) is 5.64. The van der Waals surface area contributed by atoms with Crippen molar-refractivity contribution in [2.75, 3.05) is 26.2 Å². The Labute approximate surface area is 155 Å². The molecule has 0 bridgehead atoms. The molecule has 2 saturated heterocycles. The number of sulfonamides is 1. The normalized spacial score (nSPS) is 20.7. The summed E-state index contributed by atoms with van der Waals surface area (Å²) in [6, 6.07) is 8.22. The second-order valence-corrected chi connectivity index (χ2v) is 9.20. The Hall–Kier alpha value is -1.91. The first-order valence-corrected chi connectivity index (χ1v) is 10.7. The lowest BCUT2D eigenvalue weighted by Crippen LogP contribution is -2.46. The summed E-state index contributed by atoms with van der Waals surface area (Å²) in [4.78, 5) is 14.7. The van der Waals surface area contributed by atoms with Crippen molar-refractivity contribution in [2.24, 2.45) is 11.8 Å². The van der Waals surface area contributed by atoms with Gasteiger partial charge in [-0.15, -0.1) is 0 Å². The molecule has 6 nitrogen and oxygen atoms in total. The predicted molar refractivity (Wildman–Crippen MR) is 97.6 cm³/mol. The summed E-state index contributed by atoms with van der Waals surface area (Å²) in [6.07, 6.45) is 3.17. The van der Waals surface area contributed by atoms with Crippen LogP contribution in [0.4, 0.5) is 0 Å². The van der Waals surface area contributed by atoms with Crippen LogP contribution in [0.1, 0.15) is 38.2 Å². The largest absolute Gasteiger partial charge is 0.342 e. The number of benzene rings is 1. The van der Waals surface area contributed by atoms with E-state index in [0.29, 0.717) is 31.8 Å². The van der Waals surface area contributed by atoms with Gasteiger partial charge in [-0.3, -0.25) is 4.79 Å². The van der Waals surface area contributed by atoms with Gasteiger partial charge in [-0.25, -0.2) is 8.42 Å². The molecule has 1 aromatic carbocycles. The van der Waals surface area contributed by atoms with Gasteiger partial charge in [-0.05, 0) is 43.7 Å². The zero-order chi connectivity index (χ0) is 18.7. The third-order valence-electron chi connectivity index (χ3n) is 5.52. The molecule has 1 aromatic rings. The molecular formula is C19H25N3O3S. The predicted octanol–water partition coefficient (Wildman–Crippen LogP) is 2.22. The summed E-state index contributed by atoms with van der Waals surface area (Å²) in [5.41, 5.74) is 0.160. The van der Waals surface area contributed by atoms with Gasteiger partial charge in [0.15, 0.2) is 0 Å². The first-order chi connectivity index (χ1) is 12.4. The lowest BCUT2D eigenvalue weighted by Gasteiger charge is -2.36. The van der Waals surface area contributed by atoms with Crippen molar-refractivity contribution in [1.82, 2.24) is 9.21 Å². The highest BCUT2D eigenvalue weighted by molar-refractivity contribution is 7.89. The Bertz CT molecular complexity index is 800. The molecule has 0 spiro atoms. The fraction of sp³-hybridized carbons (Fsp3) is 0.579. The number of rotatable bonds is 3. The number of hydrogen-bond donors (Lipinski definition) is 0. The van der Waals surface area contributed by atoms with Crippen LogP contribution in [0.2, 0.25) is 0 Å². The number of likely N-dealkylation sites (tertiary alicyclic amines) is 1. The van der Waals surface area contributed by atoms with Crippen molar-refractivity contribution in [1.29, 1.82) is 5.26 Å². The van der Waals surface area contributed by atoms with E-state index in [4.69, 9.17) is 0 Å². The third kappa shape index (κ3) is 3.76. The topological polar surface area (TPSA) is 81.5 Å². The number of hydrogen-bond acceptors (Lipinski definition) is 4. The second kappa shape index (κ2) is 7.77. The van der Waals surface area contributed by atoms with Crippen LogP contribution in [-0.2, 0) is 14.8 Å². The average Bonchev–Trinajstić information content (AvgIpc) is 2.68. The zero-order valence-corrected chi connectivity index (χ0v) is 15.9. The summed E-state index contributed by atoms with van der Waals surface area (Å²) < 4.78 is 27.1. The third-order valence-corrected chi connectivity index (χ3v) is 7.48. The van der Waals surface area contributed by atoms with Gasteiger partial charge in [0, 0.05) is 32.1 Å². The minimum absolute atomic E-state index is 0.0531. The van der Waals surface area contributed by atoms with Crippen LogP contribution < -0.4 is 0 Å². The maximum absolute atomic E-state index is 12.9. The van der Waals surface area contributed by atoms with E-state index in [1.54, 1.807) is 12.1 Å². The molecule has 0 N–H and O–H groups in total. The van der Waals surface area contributed by atoms with E-state index in [0.717, 1.165) is 25.9 Å². The molecule has 0 aromatic heterocycles. The molecule has 0 atom stereocenters. The van der Waals surface area contributed by atoms with E-state index in [1.807, 2.05) is 11.0 Å². The van der Waals surface area contributed by atoms with Crippen LogP contribution in [-0.4, -0.2) is 49.7 Å². The van der Waals surface area contributed by atoms with E-state index in [1.165, 1.54) is 16.4 Å². The van der Waals surface area contributed by atoms with Crippen LogP contribution in [0.25, 0.3) is 0 Å². The van der Waals surface area contributed by atoms with Gasteiger partial charge in [0.25, 0.3) is 0 Å². The smallest absolute Gasteiger partial charge is 0.244 e. The number of carbonyl (C=O) groups excluding carboxylic acids is 1. The second-order valence-electron chi connectivity index (χ2n) is 7.29. The molecule has 2 aliphatic heterocycles. The fourth-order valence-electron chi connectivity index (χ4n) is 3.75. The van der Waals surface area contributed by atoms with E-state index in [2.05, 4.69) is 6.92 Å². The Morgan fingerprint density at radius 3 is 2.31 bits per heavy atom. The van der Waals surface area contributed by atoms with E-state index in [9.17, 15) is 18.5 Å². The quantitative estimate of drug-likeness (QED) is 0.811. The Morgan fingerprint density at radius 2 is 1.69 bits per heavy atom. The molecule has 1 amide bonds. The van der Waals surface area contributed by atoms with Crippen molar-refractivity contribution < 1.29 is 13.2 Å². The summed E-state index contributed by atoms with van der Waals surface area (Å²) in [7, 11) is -3.70. The van der Waals surface area contributed by atoms with Crippen LogP contribution in [0, 0.1) is 23.2 Å². The molecule has 140 valence electrons. The van der Waals surface area contributed by atoms with Gasteiger partial charge >= 0.3 is 0 Å². The zero-order valence-electron chi connectivity index (χ0n) is 15.1. The van der Waals surface area contributed by atoms with Gasteiger partial charge < -0.3 is 4.90 Å². The van der Waals surface area contributed by atoms with Crippen LogP contribution in [0.5, 0.6) is 0 Å². The standard InChI is InChI=1S/C19H25N3O3S/c1-15-6-10-21(11-7-15)19(23)16-8-12-22(13-9-16)26(24,25)18-5-3-2-4-17(18)14-20/h2-5,15-16H,6-13H2,1H3. The number of piperidine rings is 2. The Morgan fingerprint density at radius 1 is 1.08 bits per heavy atom. The number of amides is 1. The monoisotopic (exact) mass is 375 g/mol. The maximum Gasteiger partial charge on any atom is 0.244 e. The molecule has 2 aliphatic rings. The van der Waals surface area contributed by atoms with Crippen LogP contribution in [0.15, 0.2) is 29.2 Å². The van der Waals surface area contributed by atoms with Gasteiger partial charge in [0.2, 0.25) is 15.9 Å². The summed E-state index contributed by atoms with van der Waals surface area (Å²) in [5.74, 6) is 0.749. The number of carbonyl (C=O) groups is 1. The average molecular weight is 375 g/mol. The van der Waals surface area contributed by atoms with Gasteiger partial charge in [0.05, 0.1) is 10.5 Å². The minimum atomic E-state index is -3.70. The Balaban J connectivity index is 1.65. The lowest BCUT2D eigenvalue weighted by molar-refractivity contribution is -0.138. The lowest BCUT2D eigenvalue weighted by atomic mass is 9.93. The molecule has 3 rings (SSSR count). The minimum Gasteiger partial charge on any atom is -0.342 e. The van der Waals surface area contributed by atoms with Crippen molar-refractivity contribution in [3.63, 3.8) is 0 Å². The highest BCUT2D eigenvalue weighted by Crippen LogP contribution is 2.28. The van der Waals surface area contributed by atoms with Crippen molar-refractivity contribution in [3.8, 4) is 6.07 Å². The van der Waals surface area contributed by atoms with Crippen LogP contribution >= 0.6 is 0 Å². The first kappa shape index (κ1) is 18.9.